The number of piperidine rings is 1. The Hall–Kier alpha value is -3.44. The Balaban J connectivity index is 1.19. The Morgan fingerprint density at radius 2 is 1.57 bits per heavy atom. The molecule has 238 valence electrons. The van der Waals surface area contributed by atoms with E-state index in [-0.39, 0.29) is 24.3 Å². The molecule has 10 nitrogen and oxygen atoms in total. The minimum atomic E-state index is -3.23. The summed E-state index contributed by atoms with van der Waals surface area (Å²) in [5.41, 5.74) is 2.10. The fourth-order valence-corrected chi connectivity index (χ4v) is 7.40. The standard InChI is InChI=1S/C33H45N5O5S/c1-44(42,43)35-21-9-8-20-34-30(39)24-37-25-38(29-12-6-3-7-13-29)33(32(37)41)18-22-36(23-19-33)31(40)28-16-14-27(15-17-28)26-10-4-2-5-11-26/h3,6-7,12-17,26,35H,2,4-5,8-11,18-25H2,1H3,(H,34,39). The zero-order valence-corrected chi connectivity index (χ0v) is 26.5. The van der Waals surface area contributed by atoms with Gasteiger partial charge in [0.1, 0.15) is 12.1 Å². The lowest BCUT2D eigenvalue weighted by Gasteiger charge is -2.43. The van der Waals surface area contributed by atoms with E-state index in [0.717, 1.165) is 11.9 Å². The number of hydrogen-bond acceptors (Lipinski definition) is 6. The van der Waals surface area contributed by atoms with Crippen LogP contribution in [0.15, 0.2) is 54.6 Å². The molecule has 2 saturated heterocycles. The van der Waals surface area contributed by atoms with Gasteiger partial charge in [0.25, 0.3) is 11.8 Å². The van der Waals surface area contributed by atoms with E-state index in [2.05, 4.69) is 27.1 Å². The summed E-state index contributed by atoms with van der Waals surface area (Å²) >= 11 is 0. The van der Waals surface area contributed by atoms with Crippen LogP contribution in [0.25, 0.3) is 0 Å². The van der Waals surface area contributed by atoms with Crippen LogP contribution in [0.3, 0.4) is 0 Å². The van der Waals surface area contributed by atoms with Crippen molar-refractivity contribution in [2.45, 2.75) is 69.2 Å². The number of nitrogens with zero attached hydrogens (tertiary/aromatic N) is 3. The molecule has 1 aliphatic carbocycles. The minimum Gasteiger partial charge on any atom is -0.355 e. The van der Waals surface area contributed by atoms with Crippen LogP contribution >= 0.6 is 0 Å². The van der Waals surface area contributed by atoms with Crippen LogP contribution in [-0.4, -0.2) is 87.1 Å². The molecule has 3 amide bonds. The summed E-state index contributed by atoms with van der Waals surface area (Å²) in [5.74, 6) is 0.255. The SMILES string of the molecule is CS(=O)(=O)NCCCCNC(=O)CN1CN(c2ccccc2)C2(CCN(C(=O)c3ccc(C4CCCCC4)cc3)CC2)C1=O. The molecule has 11 heteroatoms. The van der Waals surface area contributed by atoms with Crippen molar-refractivity contribution < 1.29 is 22.8 Å². The van der Waals surface area contributed by atoms with E-state index in [9.17, 15) is 22.8 Å². The molecule has 0 unspecified atom stereocenters. The number of nitrogens with one attached hydrogen (secondary N) is 2. The van der Waals surface area contributed by atoms with Crippen molar-refractivity contribution >= 4 is 33.4 Å². The number of para-hydroxylation sites is 1. The smallest absolute Gasteiger partial charge is 0.253 e. The second-order valence-electron chi connectivity index (χ2n) is 12.4. The third-order valence-corrected chi connectivity index (χ3v) is 10.0. The zero-order valence-electron chi connectivity index (χ0n) is 25.7. The molecular formula is C33H45N5O5S. The maximum Gasteiger partial charge on any atom is 0.253 e. The highest BCUT2D eigenvalue weighted by molar-refractivity contribution is 7.88. The van der Waals surface area contributed by atoms with Gasteiger partial charge in [-0.2, -0.15) is 0 Å². The lowest BCUT2D eigenvalue weighted by atomic mass is 9.83. The van der Waals surface area contributed by atoms with E-state index in [4.69, 9.17) is 0 Å². The van der Waals surface area contributed by atoms with Crippen LogP contribution in [0.1, 0.15) is 79.6 Å². The summed E-state index contributed by atoms with van der Waals surface area (Å²) in [6.45, 7) is 1.88. The summed E-state index contributed by atoms with van der Waals surface area (Å²) in [7, 11) is -3.23. The van der Waals surface area contributed by atoms with E-state index >= 15 is 0 Å². The van der Waals surface area contributed by atoms with Crippen molar-refractivity contribution in [1.82, 2.24) is 19.8 Å². The molecule has 0 atom stereocenters. The van der Waals surface area contributed by atoms with Crippen molar-refractivity contribution in [3.8, 4) is 0 Å². The van der Waals surface area contributed by atoms with Gasteiger partial charge in [-0.25, -0.2) is 13.1 Å². The van der Waals surface area contributed by atoms with Crippen LogP contribution < -0.4 is 14.9 Å². The molecule has 1 spiro atoms. The highest BCUT2D eigenvalue weighted by atomic mass is 32.2. The normalized spacial score (nSPS) is 19.0. The molecule has 0 radical (unpaired) electrons. The van der Waals surface area contributed by atoms with E-state index in [1.807, 2.05) is 47.4 Å². The number of sulfonamides is 1. The molecular weight excluding hydrogens is 578 g/mol. The van der Waals surface area contributed by atoms with Gasteiger partial charge in [-0.05, 0) is 74.3 Å². The summed E-state index contributed by atoms with van der Waals surface area (Å²) in [6.07, 6.45) is 9.60. The first kappa shape index (κ1) is 32.0. The number of likely N-dealkylation sites (tertiary alicyclic amines) is 1. The first-order valence-corrected chi connectivity index (χ1v) is 17.8. The van der Waals surface area contributed by atoms with Crippen molar-refractivity contribution in [3.05, 3.63) is 65.7 Å². The molecule has 2 heterocycles. The molecule has 0 bridgehead atoms. The maximum atomic E-state index is 14.0. The van der Waals surface area contributed by atoms with E-state index in [1.165, 1.54) is 37.7 Å². The largest absolute Gasteiger partial charge is 0.355 e. The fraction of sp³-hybridized carbons (Fsp3) is 0.545. The van der Waals surface area contributed by atoms with Crippen LogP contribution in [0.4, 0.5) is 5.69 Å². The third kappa shape index (κ3) is 7.61. The quantitative estimate of drug-likeness (QED) is 0.370. The Morgan fingerprint density at radius 3 is 2.23 bits per heavy atom. The number of unbranched alkanes of at least 4 members (excludes halogenated alkanes) is 1. The number of carbonyl (C=O) groups excluding carboxylic acids is 3. The minimum absolute atomic E-state index is 0.00489. The lowest BCUT2D eigenvalue weighted by molar-refractivity contribution is -0.137. The lowest BCUT2D eigenvalue weighted by Crippen LogP contribution is -2.57. The Bertz CT molecular complexity index is 1400. The van der Waals surface area contributed by atoms with Gasteiger partial charge in [0.05, 0.1) is 12.9 Å². The second kappa shape index (κ2) is 14.1. The van der Waals surface area contributed by atoms with E-state index < -0.39 is 15.6 Å². The van der Waals surface area contributed by atoms with Crippen LogP contribution in [0, 0.1) is 0 Å². The summed E-state index contributed by atoms with van der Waals surface area (Å²) < 4.78 is 24.8. The monoisotopic (exact) mass is 623 g/mol. The highest BCUT2D eigenvalue weighted by Gasteiger charge is 2.54. The molecule has 5 rings (SSSR count). The molecule has 3 aliphatic rings. The third-order valence-electron chi connectivity index (χ3n) is 9.32. The van der Waals surface area contributed by atoms with Gasteiger partial charge in [0.15, 0.2) is 0 Å². The van der Waals surface area contributed by atoms with Gasteiger partial charge in [-0.3, -0.25) is 14.4 Å². The van der Waals surface area contributed by atoms with Crippen LogP contribution in [0.5, 0.6) is 0 Å². The Labute approximate surface area is 261 Å². The average molecular weight is 624 g/mol. The van der Waals surface area contributed by atoms with E-state index in [1.54, 1.807) is 4.90 Å². The fourth-order valence-electron chi connectivity index (χ4n) is 6.88. The Kier molecular flexibility index (Phi) is 10.3. The van der Waals surface area contributed by atoms with Gasteiger partial charge in [-0.15, -0.1) is 0 Å². The van der Waals surface area contributed by atoms with Crippen molar-refractivity contribution in [1.29, 1.82) is 0 Å². The zero-order chi connectivity index (χ0) is 31.2. The molecule has 2 N–H and O–H groups in total. The summed E-state index contributed by atoms with van der Waals surface area (Å²) in [6, 6.07) is 17.9. The first-order chi connectivity index (χ1) is 21.2. The van der Waals surface area contributed by atoms with E-state index in [0.29, 0.717) is 70.0 Å². The number of rotatable bonds is 11. The predicted octanol–water partition coefficient (Wildman–Crippen LogP) is 3.46. The number of carbonyl (C=O) groups is 3. The van der Waals surface area contributed by atoms with Crippen LogP contribution in [-0.2, 0) is 19.6 Å². The van der Waals surface area contributed by atoms with Crippen molar-refractivity contribution in [3.63, 3.8) is 0 Å². The molecule has 3 fully saturated rings. The van der Waals surface area contributed by atoms with Crippen molar-refractivity contribution in [2.75, 3.05) is 50.5 Å². The molecule has 1 saturated carbocycles. The van der Waals surface area contributed by atoms with Crippen LogP contribution in [0.2, 0.25) is 0 Å². The predicted molar refractivity (Wildman–Crippen MR) is 171 cm³/mol. The van der Waals surface area contributed by atoms with Gasteiger partial charge in [0, 0.05) is 37.4 Å². The highest BCUT2D eigenvalue weighted by Crippen LogP contribution is 2.40. The second-order valence-corrected chi connectivity index (χ2v) is 14.2. The Morgan fingerprint density at radius 1 is 0.909 bits per heavy atom. The number of benzene rings is 2. The topological polar surface area (TPSA) is 119 Å². The number of anilines is 1. The van der Waals surface area contributed by atoms with Gasteiger partial charge >= 0.3 is 0 Å². The molecule has 2 aliphatic heterocycles. The van der Waals surface area contributed by atoms with Crippen molar-refractivity contribution in [2.24, 2.45) is 0 Å². The summed E-state index contributed by atoms with van der Waals surface area (Å²) in [5, 5.41) is 2.86. The number of amides is 3. The van der Waals surface area contributed by atoms with Gasteiger partial charge < -0.3 is 20.0 Å². The first-order valence-electron chi connectivity index (χ1n) is 15.9. The van der Waals surface area contributed by atoms with Gasteiger partial charge in [-0.1, -0.05) is 49.6 Å². The maximum absolute atomic E-state index is 14.0. The number of hydrogen-bond donors (Lipinski definition) is 2. The molecule has 2 aromatic rings. The average Bonchev–Trinajstić information content (AvgIpc) is 3.29. The molecule has 44 heavy (non-hydrogen) atoms. The molecule has 2 aromatic carbocycles. The molecule has 0 aromatic heterocycles. The summed E-state index contributed by atoms with van der Waals surface area (Å²) in [4.78, 5) is 45.8. The van der Waals surface area contributed by atoms with Gasteiger partial charge in [0.2, 0.25) is 15.9 Å².